The molecule has 10 heteroatoms. The maximum Gasteiger partial charge on any atom is 0.573 e. The Balaban J connectivity index is 1.44. The number of nitriles is 1. The fourth-order valence-electron chi connectivity index (χ4n) is 3.26. The Morgan fingerprint density at radius 3 is 2.32 bits per heavy atom. The van der Waals surface area contributed by atoms with E-state index in [1.807, 2.05) is 6.07 Å². The summed E-state index contributed by atoms with van der Waals surface area (Å²) in [6.45, 7) is 0. The van der Waals surface area contributed by atoms with Crippen LogP contribution in [-0.2, 0) is 0 Å². The number of ether oxygens (including phenoxy) is 2. The fourth-order valence-corrected chi connectivity index (χ4v) is 3.26. The molecule has 0 saturated heterocycles. The maximum absolute atomic E-state index is 13.7. The van der Waals surface area contributed by atoms with Crippen LogP contribution in [0, 0.1) is 17.1 Å². The zero-order valence-corrected chi connectivity index (χ0v) is 16.2. The summed E-state index contributed by atoms with van der Waals surface area (Å²) in [4.78, 5) is 12.1. The molecule has 1 saturated carbocycles. The van der Waals surface area contributed by atoms with Crippen LogP contribution in [0.25, 0.3) is 0 Å². The molecular formula is C21H19F4N3O3. The normalized spacial score (nSPS) is 18.5. The van der Waals surface area contributed by atoms with E-state index in [4.69, 9.17) is 10.00 Å². The number of nitrogens with one attached hydrogen (secondary N) is 2. The van der Waals surface area contributed by atoms with Gasteiger partial charge < -0.3 is 20.1 Å². The van der Waals surface area contributed by atoms with Gasteiger partial charge in [0.25, 0.3) is 0 Å². The number of nitrogens with zero attached hydrogens (tertiary/aromatic N) is 1. The summed E-state index contributed by atoms with van der Waals surface area (Å²) in [5.74, 6) is -1.54. The van der Waals surface area contributed by atoms with Crippen molar-refractivity contribution in [1.82, 2.24) is 5.32 Å². The molecule has 0 radical (unpaired) electrons. The summed E-state index contributed by atoms with van der Waals surface area (Å²) in [6.07, 6.45) is -2.26. The molecule has 2 aromatic carbocycles. The van der Waals surface area contributed by atoms with Crippen LogP contribution in [0.3, 0.4) is 0 Å². The lowest BCUT2D eigenvalue weighted by molar-refractivity contribution is -0.275. The minimum Gasteiger partial charge on any atom is -0.490 e. The van der Waals surface area contributed by atoms with Gasteiger partial charge in [-0.15, -0.1) is 13.2 Å². The summed E-state index contributed by atoms with van der Waals surface area (Å²) >= 11 is 0. The second-order valence-corrected chi connectivity index (χ2v) is 7.02. The van der Waals surface area contributed by atoms with Crippen molar-refractivity contribution in [2.75, 3.05) is 5.32 Å². The van der Waals surface area contributed by atoms with Crippen LogP contribution >= 0.6 is 0 Å². The minimum atomic E-state index is -5.00. The highest BCUT2D eigenvalue weighted by atomic mass is 19.4. The van der Waals surface area contributed by atoms with Gasteiger partial charge in [0, 0.05) is 17.8 Å². The molecule has 31 heavy (non-hydrogen) atoms. The third-order valence-corrected chi connectivity index (χ3v) is 4.71. The number of amides is 2. The first kappa shape index (κ1) is 22.2. The topological polar surface area (TPSA) is 83.4 Å². The standard InChI is InChI=1S/C21H19F4N3O3/c22-18-11-15(5-10-19(18)31-21(23,24)25)28-20(29)27-14-3-8-17(9-4-14)30-16-6-1-13(12-26)2-7-16/h1-2,5-7,10-11,14,17H,3-4,8-9H2,(H2,27,28,29). The fraction of sp³-hybridized carbons (Fsp3) is 0.333. The van der Waals surface area contributed by atoms with E-state index in [2.05, 4.69) is 15.4 Å². The van der Waals surface area contributed by atoms with Gasteiger partial charge in [0.1, 0.15) is 5.75 Å². The predicted molar refractivity (Wildman–Crippen MR) is 103 cm³/mol. The van der Waals surface area contributed by atoms with E-state index in [0.29, 0.717) is 37.0 Å². The third-order valence-electron chi connectivity index (χ3n) is 4.71. The number of rotatable bonds is 5. The summed E-state index contributed by atoms with van der Waals surface area (Å²) in [6, 6.07) is 10.8. The van der Waals surface area contributed by atoms with Gasteiger partial charge in [0.15, 0.2) is 11.6 Å². The Kier molecular flexibility index (Phi) is 6.84. The summed E-state index contributed by atoms with van der Waals surface area (Å²) < 4.78 is 59.7. The van der Waals surface area contributed by atoms with Gasteiger partial charge in [0.2, 0.25) is 0 Å². The largest absolute Gasteiger partial charge is 0.573 e. The average Bonchev–Trinajstić information content (AvgIpc) is 2.71. The molecule has 1 aliphatic rings. The molecule has 0 aliphatic heterocycles. The van der Waals surface area contributed by atoms with E-state index in [1.165, 1.54) is 0 Å². The van der Waals surface area contributed by atoms with Crippen LogP contribution in [0.1, 0.15) is 31.2 Å². The summed E-state index contributed by atoms with van der Waals surface area (Å²) in [5.41, 5.74) is 0.552. The number of carbonyl (C=O) groups is 1. The lowest BCUT2D eigenvalue weighted by atomic mass is 9.93. The number of hydrogen-bond acceptors (Lipinski definition) is 4. The highest BCUT2D eigenvalue weighted by Gasteiger charge is 2.32. The molecule has 0 bridgehead atoms. The molecule has 0 spiro atoms. The first-order valence-electron chi connectivity index (χ1n) is 9.51. The van der Waals surface area contributed by atoms with E-state index in [0.717, 1.165) is 18.2 Å². The third kappa shape index (κ3) is 6.77. The Morgan fingerprint density at radius 2 is 1.74 bits per heavy atom. The van der Waals surface area contributed by atoms with Gasteiger partial charge >= 0.3 is 12.4 Å². The molecule has 0 atom stereocenters. The first-order chi connectivity index (χ1) is 14.7. The smallest absolute Gasteiger partial charge is 0.490 e. The lowest BCUT2D eigenvalue weighted by Crippen LogP contribution is -2.41. The van der Waals surface area contributed by atoms with Crippen molar-refractivity contribution < 1.29 is 31.8 Å². The molecular weight excluding hydrogens is 418 g/mol. The molecule has 1 aliphatic carbocycles. The van der Waals surface area contributed by atoms with Crippen molar-refractivity contribution in [2.45, 2.75) is 44.2 Å². The maximum atomic E-state index is 13.7. The molecule has 2 N–H and O–H groups in total. The zero-order valence-electron chi connectivity index (χ0n) is 16.2. The summed E-state index contributed by atoms with van der Waals surface area (Å²) in [7, 11) is 0. The van der Waals surface area contributed by atoms with Crippen molar-refractivity contribution in [3.63, 3.8) is 0 Å². The number of urea groups is 1. The van der Waals surface area contributed by atoms with Gasteiger partial charge in [-0.05, 0) is 62.1 Å². The van der Waals surface area contributed by atoms with Gasteiger partial charge in [-0.25, -0.2) is 9.18 Å². The molecule has 0 aromatic heterocycles. The quantitative estimate of drug-likeness (QED) is 0.637. The van der Waals surface area contributed by atoms with E-state index < -0.39 is 24.0 Å². The molecule has 2 aromatic rings. The molecule has 2 amide bonds. The van der Waals surface area contributed by atoms with Crippen molar-refractivity contribution in [3.8, 4) is 17.6 Å². The SMILES string of the molecule is N#Cc1ccc(OC2CCC(NC(=O)Nc3ccc(OC(F)(F)F)c(F)c3)CC2)cc1. The molecule has 3 rings (SSSR count). The average molecular weight is 437 g/mol. The molecule has 164 valence electrons. The number of carbonyl (C=O) groups excluding carboxylic acids is 1. The molecule has 1 fully saturated rings. The number of hydrogen-bond donors (Lipinski definition) is 2. The van der Waals surface area contributed by atoms with Crippen molar-refractivity contribution in [2.24, 2.45) is 0 Å². The first-order valence-corrected chi connectivity index (χ1v) is 9.51. The van der Waals surface area contributed by atoms with Gasteiger partial charge in [-0.1, -0.05) is 0 Å². The van der Waals surface area contributed by atoms with Crippen LogP contribution in [0.2, 0.25) is 0 Å². The van der Waals surface area contributed by atoms with Crippen LogP contribution in [-0.4, -0.2) is 24.5 Å². The Labute approximate surface area is 175 Å². The van der Waals surface area contributed by atoms with E-state index in [-0.39, 0.29) is 17.8 Å². The zero-order chi connectivity index (χ0) is 22.4. The number of alkyl halides is 3. The Morgan fingerprint density at radius 1 is 1.06 bits per heavy atom. The van der Waals surface area contributed by atoms with Crippen molar-refractivity contribution in [3.05, 3.63) is 53.8 Å². The predicted octanol–water partition coefficient (Wildman–Crippen LogP) is 5.11. The van der Waals surface area contributed by atoms with Crippen LogP contribution in [0.4, 0.5) is 28.0 Å². The molecule has 0 heterocycles. The van der Waals surface area contributed by atoms with Gasteiger partial charge in [-0.2, -0.15) is 5.26 Å². The van der Waals surface area contributed by atoms with Gasteiger partial charge in [0.05, 0.1) is 17.7 Å². The van der Waals surface area contributed by atoms with Crippen LogP contribution in [0.5, 0.6) is 11.5 Å². The minimum absolute atomic E-state index is 0.00218. The Bertz CT molecular complexity index is 950. The highest BCUT2D eigenvalue weighted by Crippen LogP contribution is 2.28. The lowest BCUT2D eigenvalue weighted by Gasteiger charge is -2.29. The van der Waals surface area contributed by atoms with E-state index in [9.17, 15) is 22.4 Å². The van der Waals surface area contributed by atoms with Crippen molar-refractivity contribution >= 4 is 11.7 Å². The number of benzene rings is 2. The number of halogens is 4. The Hall–Kier alpha value is -3.48. The second-order valence-electron chi connectivity index (χ2n) is 7.02. The van der Waals surface area contributed by atoms with Gasteiger partial charge in [-0.3, -0.25) is 0 Å². The second kappa shape index (κ2) is 9.55. The van der Waals surface area contributed by atoms with Crippen molar-refractivity contribution in [1.29, 1.82) is 5.26 Å². The van der Waals surface area contributed by atoms with E-state index >= 15 is 0 Å². The van der Waals surface area contributed by atoms with Crippen LogP contribution in [0.15, 0.2) is 42.5 Å². The van der Waals surface area contributed by atoms with Crippen LogP contribution < -0.4 is 20.1 Å². The molecule has 6 nitrogen and oxygen atoms in total. The monoisotopic (exact) mass is 437 g/mol. The highest BCUT2D eigenvalue weighted by molar-refractivity contribution is 5.89. The number of anilines is 1. The summed E-state index contributed by atoms with van der Waals surface area (Å²) in [5, 5.41) is 14.0. The van der Waals surface area contributed by atoms with E-state index in [1.54, 1.807) is 24.3 Å². The molecule has 0 unspecified atom stereocenters.